The van der Waals surface area contributed by atoms with Crippen molar-refractivity contribution >= 4 is 39.1 Å². The first-order valence-corrected chi connectivity index (χ1v) is 11.1. The zero-order chi connectivity index (χ0) is 20.9. The molecule has 0 saturated carbocycles. The molecule has 0 saturated heterocycles. The molecule has 1 aliphatic heterocycles. The number of rotatable bonds is 8. The summed E-state index contributed by atoms with van der Waals surface area (Å²) in [6, 6.07) is 11.8. The molecule has 1 heterocycles. The highest BCUT2D eigenvalue weighted by Gasteiger charge is 2.19. The number of amides is 2. The first-order valence-electron chi connectivity index (χ1n) is 9.27. The van der Waals surface area contributed by atoms with Crippen molar-refractivity contribution < 1.29 is 18.0 Å². The number of hydrogen-bond acceptors (Lipinski definition) is 4. The smallest absolute Gasteiger partial charge is 0.240 e. The Balaban J connectivity index is 1.44. The van der Waals surface area contributed by atoms with E-state index in [1.807, 2.05) is 12.1 Å². The van der Waals surface area contributed by atoms with Gasteiger partial charge in [0.1, 0.15) is 0 Å². The molecule has 0 fully saturated rings. The predicted molar refractivity (Wildman–Crippen MR) is 111 cm³/mol. The second-order valence-corrected chi connectivity index (χ2v) is 8.98. The van der Waals surface area contributed by atoms with Crippen LogP contribution in [0.3, 0.4) is 0 Å². The van der Waals surface area contributed by atoms with E-state index >= 15 is 0 Å². The zero-order valence-corrected chi connectivity index (χ0v) is 17.3. The number of nitrogens with one attached hydrogen (secondary N) is 3. The van der Waals surface area contributed by atoms with E-state index in [0.29, 0.717) is 36.5 Å². The van der Waals surface area contributed by atoms with Gasteiger partial charge < -0.3 is 10.6 Å². The number of carbonyl (C=O) groups is 2. The van der Waals surface area contributed by atoms with Gasteiger partial charge in [0.15, 0.2) is 0 Å². The van der Waals surface area contributed by atoms with Crippen molar-refractivity contribution in [3.63, 3.8) is 0 Å². The number of fused-ring (bicyclic) bond motifs is 1. The monoisotopic (exact) mass is 435 g/mol. The van der Waals surface area contributed by atoms with Crippen LogP contribution in [-0.2, 0) is 32.6 Å². The van der Waals surface area contributed by atoms with Gasteiger partial charge in [-0.05, 0) is 54.3 Å². The number of anilines is 1. The van der Waals surface area contributed by atoms with E-state index in [0.717, 1.165) is 11.1 Å². The normalized spacial score (nSPS) is 13.5. The van der Waals surface area contributed by atoms with E-state index in [1.165, 1.54) is 6.07 Å². The lowest BCUT2D eigenvalue weighted by molar-refractivity contribution is -0.121. The first-order chi connectivity index (χ1) is 13.8. The Bertz CT molecular complexity index is 1010. The van der Waals surface area contributed by atoms with Gasteiger partial charge in [0, 0.05) is 36.6 Å². The summed E-state index contributed by atoms with van der Waals surface area (Å²) in [7, 11) is -3.67. The summed E-state index contributed by atoms with van der Waals surface area (Å²) in [5, 5.41) is 6.15. The van der Waals surface area contributed by atoms with Crippen LogP contribution in [0.4, 0.5) is 5.69 Å². The summed E-state index contributed by atoms with van der Waals surface area (Å²) in [6.07, 6.45) is 1.45. The maximum absolute atomic E-state index is 12.5. The van der Waals surface area contributed by atoms with Gasteiger partial charge in [-0.3, -0.25) is 9.59 Å². The third-order valence-electron chi connectivity index (χ3n) is 4.56. The average molecular weight is 436 g/mol. The molecule has 3 N–H and O–H groups in total. The summed E-state index contributed by atoms with van der Waals surface area (Å²) >= 11 is 5.82. The number of hydrogen-bond donors (Lipinski definition) is 3. The average Bonchev–Trinajstić information content (AvgIpc) is 2.70. The van der Waals surface area contributed by atoms with Gasteiger partial charge in [-0.15, -0.1) is 0 Å². The van der Waals surface area contributed by atoms with Crippen molar-refractivity contribution in [1.29, 1.82) is 0 Å². The summed E-state index contributed by atoms with van der Waals surface area (Å²) < 4.78 is 27.4. The van der Waals surface area contributed by atoms with Crippen LogP contribution in [0.25, 0.3) is 0 Å². The van der Waals surface area contributed by atoms with Crippen LogP contribution in [0.2, 0.25) is 5.02 Å². The Hall–Kier alpha value is -2.42. The molecule has 0 bridgehead atoms. The minimum absolute atomic E-state index is 0.0689. The van der Waals surface area contributed by atoms with Crippen LogP contribution in [0.15, 0.2) is 47.4 Å². The lowest BCUT2D eigenvalue weighted by Crippen LogP contribution is -2.28. The van der Waals surface area contributed by atoms with Gasteiger partial charge in [0.2, 0.25) is 21.8 Å². The molecule has 7 nitrogen and oxygen atoms in total. The van der Waals surface area contributed by atoms with Crippen molar-refractivity contribution in [2.75, 3.05) is 11.9 Å². The molecule has 3 rings (SSSR count). The fourth-order valence-electron chi connectivity index (χ4n) is 2.96. The minimum Gasteiger partial charge on any atom is -0.352 e. The number of halogens is 1. The van der Waals surface area contributed by atoms with Gasteiger partial charge in [0.25, 0.3) is 0 Å². The third kappa shape index (κ3) is 6.03. The van der Waals surface area contributed by atoms with Gasteiger partial charge in [-0.25, -0.2) is 13.1 Å². The number of sulfonamides is 1. The van der Waals surface area contributed by atoms with E-state index in [1.54, 1.807) is 24.3 Å². The van der Waals surface area contributed by atoms with Gasteiger partial charge in [0.05, 0.1) is 4.90 Å². The van der Waals surface area contributed by atoms with E-state index in [4.69, 9.17) is 11.6 Å². The van der Waals surface area contributed by atoms with Crippen molar-refractivity contribution in [2.24, 2.45) is 0 Å². The molecular formula is C20H22ClN3O4S. The molecule has 0 atom stereocenters. The lowest BCUT2D eigenvalue weighted by atomic mass is 10.0. The van der Waals surface area contributed by atoms with E-state index in [9.17, 15) is 18.0 Å². The molecule has 0 spiro atoms. The maximum atomic E-state index is 12.5. The number of aryl methyl sites for hydroxylation is 1. The Kier molecular flexibility index (Phi) is 6.89. The molecule has 2 amide bonds. The van der Waals surface area contributed by atoms with Gasteiger partial charge >= 0.3 is 0 Å². The quantitative estimate of drug-likeness (QED) is 0.554. The molecule has 0 aliphatic carbocycles. The summed E-state index contributed by atoms with van der Waals surface area (Å²) in [5.41, 5.74) is 2.39. The SMILES string of the molecule is O=C(CCCNS(=O)(=O)c1ccc2c(c1)CCC(=O)N2)NCc1ccc(Cl)cc1. The molecule has 154 valence electrons. The van der Waals surface area contributed by atoms with Crippen LogP contribution in [0, 0.1) is 0 Å². The van der Waals surface area contributed by atoms with Crippen LogP contribution in [-0.4, -0.2) is 26.8 Å². The molecular weight excluding hydrogens is 414 g/mol. The third-order valence-corrected chi connectivity index (χ3v) is 6.27. The maximum Gasteiger partial charge on any atom is 0.240 e. The number of carbonyl (C=O) groups excluding carboxylic acids is 2. The number of benzene rings is 2. The lowest BCUT2D eigenvalue weighted by Gasteiger charge is -2.17. The molecule has 2 aromatic rings. The molecule has 1 aliphatic rings. The van der Waals surface area contributed by atoms with Crippen LogP contribution in [0.5, 0.6) is 0 Å². The van der Waals surface area contributed by atoms with Crippen LogP contribution >= 0.6 is 11.6 Å². The molecule has 29 heavy (non-hydrogen) atoms. The standard InChI is InChI=1S/C20H22ClN3O4S/c21-16-6-3-14(4-7-16)13-22-19(25)2-1-11-23-29(27,28)17-8-9-18-15(12-17)5-10-20(26)24-18/h3-4,6-9,12,23H,1-2,5,10-11,13H2,(H,22,25)(H,24,26). The van der Waals surface area contributed by atoms with Crippen LogP contribution in [0.1, 0.15) is 30.4 Å². The highest BCUT2D eigenvalue weighted by atomic mass is 35.5. The highest BCUT2D eigenvalue weighted by molar-refractivity contribution is 7.89. The second-order valence-electron chi connectivity index (χ2n) is 6.77. The van der Waals surface area contributed by atoms with Crippen molar-refractivity contribution in [3.8, 4) is 0 Å². The van der Waals surface area contributed by atoms with Gasteiger partial charge in [-0.2, -0.15) is 0 Å². The van der Waals surface area contributed by atoms with E-state index < -0.39 is 10.0 Å². The highest BCUT2D eigenvalue weighted by Crippen LogP contribution is 2.25. The molecule has 0 unspecified atom stereocenters. The van der Waals surface area contributed by atoms with E-state index in [2.05, 4.69) is 15.4 Å². The summed E-state index contributed by atoms with van der Waals surface area (Å²) in [4.78, 5) is 23.5. The zero-order valence-electron chi connectivity index (χ0n) is 15.7. The minimum atomic E-state index is -3.67. The Labute approximate surface area is 174 Å². The first kappa shape index (κ1) is 21.3. The largest absolute Gasteiger partial charge is 0.352 e. The Morgan fingerprint density at radius 2 is 1.86 bits per heavy atom. The van der Waals surface area contributed by atoms with Gasteiger partial charge in [-0.1, -0.05) is 23.7 Å². The molecule has 2 aromatic carbocycles. The Morgan fingerprint density at radius 1 is 1.10 bits per heavy atom. The summed E-state index contributed by atoms with van der Waals surface area (Å²) in [5.74, 6) is -0.218. The molecule has 0 aromatic heterocycles. The molecule has 9 heteroatoms. The molecule has 0 radical (unpaired) electrons. The van der Waals surface area contributed by atoms with Crippen molar-refractivity contribution in [1.82, 2.24) is 10.0 Å². The Morgan fingerprint density at radius 3 is 2.62 bits per heavy atom. The van der Waals surface area contributed by atoms with E-state index in [-0.39, 0.29) is 29.7 Å². The predicted octanol–water partition coefficient (Wildman–Crippen LogP) is 2.60. The van der Waals surface area contributed by atoms with Crippen molar-refractivity contribution in [3.05, 3.63) is 58.6 Å². The fraction of sp³-hybridized carbons (Fsp3) is 0.300. The second kappa shape index (κ2) is 9.39. The topological polar surface area (TPSA) is 104 Å². The van der Waals surface area contributed by atoms with Crippen LogP contribution < -0.4 is 15.4 Å². The summed E-state index contributed by atoms with van der Waals surface area (Å²) in [6.45, 7) is 0.553. The fourth-order valence-corrected chi connectivity index (χ4v) is 4.21. The van der Waals surface area contributed by atoms with Crippen molar-refractivity contribution in [2.45, 2.75) is 37.1 Å².